The highest BCUT2D eigenvalue weighted by Gasteiger charge is 2.19. The molecule has 2 aromatic heterocycles. The van der Waals surface area contributed by atoms with E-state index in [1.165, 1.54) is 14.2 Å². The van der Waals surface area contributed by atoms with Crippen molar-refractivity contribution in [2.45, 2.75) is 0 Å². The third kappa shape index (κ3) is 4.35. The van der Waals surface area contributed by atoms with Crippen LogP contribution in [0.15, 0.2) is 60.8 Å². The van der Waals surface area contributed by atoms with Crippen LogP contribution in [0.25, 0.3) is 33.6 Å². The predicted molar refractivity (Wildman–Crippen MR) is 132 cm³/mol. The zero-order chi connectivity index (χ0) is 24.9. The number of ether oxygens (including phenoxy) is 2. The highest BCUT2D eigenvalue weighted by atomic mass is 35.5. The molecule has 35 heavy (non-hydrogen) atoms. The summed E-state index contributed by atoms with van der Waals surface area (Å²) in [5.74, 6) is 0.572. The maximum absolute atomic E-state index is 11.3. The molecular weight excluding hydrogens is 466 g/mol. The van der Waals surface area contributed by atoms with Gasteiger partial charge < -0.3 is 9.47 Å². The lowest BCUT2D eigenvalue weighted by Crippen LogP contribution is -1.98. The standard InChI is InChI=1S/C27H18ClN3O4/c1-34-24-12-16(6-7-17(24)14-32)26-22(13-29)19(10-11-30-26)20-4-3-5-21(25(20)28)23-9-8-18(15-33)27(31-23)35-2/h3-12,14-15H,1-2H3. The summed E-state index contributed by atoms with van der Waals surface area (Å²) in [7, 11) is 2.91. The summed E-state index contributed by atoms with van der Waals surface area (Å²) in [6.07, 6.45) is 2.96. The Labute approximate surface area is 206 Å². The third-order valence-corrected chi connectivity index (χ3v) is 5.88. The van der Waals surface area contributed by atoms with E-state index in [4.69, 9.17) is 21.1 Å². The maximum atomic E-state index is 11.3. The van der Waals surface area contributed by atoms with Crippen molar-refractivity contribution in [3.8, 4) is 51.3 Å². The zero-order valence-corrected chi connectivity index (χ0v) is 19.5. The number of methoxy groups -OCH3 is 2. The van der Waals surface area contributed by atoms with E-state index >= 15 is 0 Å². The second-order valence-electron chi connectivity index (χ2n) is 7.35. The van der Waals surface area contributed by atoms with Gasteiger partial charge in [-0.25, -0.2) is 4.98 Å². The maximum Gasteiger partial charge on any atom is 0.224 e. The number of rotatable bonds is 7. The molecule has 0 amide bonds. The number of carbonyl (C=O) groups is 2. The van der Waals surface area contributed by atoms with E-state index in [1.807, 2.05) is 6.07 Å². The molecule has 2 aromatic carbocycles. The summed E-state index contributed by atoms with van der Waals surface area (Å²) in [6, 6.07) is 17.7. The molecular formula is C27H18ClN3O4. The van der Waals surface area contributed by atoms with Crippen LogP contribution in [0.2, 0.25) is 5.02 Å². The van der Waals surface area contributed by atoms with Crippen molar-refractivity contribution >= 4 is 24.2 Å². The molecule has 8 heteroatoms. The largest absolute Gasteiger partial charge is 0.496 e. The Bertz CT molecular complexity index is 1490. The van der Waals surface area contributed by atoms with Crippen LogP contribution in [0.1, 0.15) is 26.3 Å². The average molecular weight is 484 g/mol. The number of hydrogen-bond donors (Lipinski definition) is 0. The van der Waals surface area contributed by atoms with Crippen molar-refractivity contribution in [1.29, 1.82) is 5.26 Å². The molecule has 0 aliphatic rings. The van der Waals surface area contributed by atoms with Gasteiger partial charge in [-0.05, 0) is 30.3 Å². The molecule has 0 atom stereocenters. The number of benzene rings is 2. The molecule has 0 aliphatic carbocycles. The Morgan fingerprint density at radius 3 is 2.34 bits per heavy atom. The van der Waals surface area contributed by atoms with Crippen molar-refractivity contribution in [1.82, 2.24) is 9.97 Å². The third-order valence-electron chi connectivity index (χ3n) is 5.47. The first-order valence-electron chi connectivity index (χ1n) is 10.4. The summed E-state index contributed by atoms with van der Waals surface area (Å²) in [4.78, 5) is 31.3. The van der Waals surface area contributed by atoms with Gasteiger partial charge >= 0.3 is 0 Å². The molecule has 4 rings (SSSR count). The van der Waals surface area contributed by atoms with Gasteiger partial charge in [0, 0.05) is 28.5 Å². The molecule has 0 N–H and O–H groups in total. The van der Waals surface area contributed by atoms with Crippen LogP contribution in [0.5, 0.6) is 11.6 Å². The number of aromatic nitrogens is 2. The fourth-order valence-corrected chi connectivity index (χ4v) is 4.09. The lowest BCUT2D eigenvalue weighted by molar-refractivity contribution is 0.111. The molecule has 0 saturated heterocycles. The minimum Gasteiger partial charge on any atom is -0.496 e. The van der Waals surface area contributed by atoms with E-state index in [9.17, 15) is 14.9 Å². The van der Waals surface area contributed by atoms with E-state index in [-0.39, 0.29) is 5.88 Å². The lowest BCUT2D eigenvalue weighted by atomic mass is 9.94. The van der Waals surface area contributed by atoms with Gasteiger partial charge in [0.25, 0.3) is 0 Å². The van der Waals surface area contributed by atoms with Gasteiger partial charge in [0.05, 0.1) is 47.3 Å². The van der Waals surface area contributed by atoms with Crippen LogP contribution in [-0.4, -0.2) is 36.8 Å². The molecule has 172 valence electrons. The van der Waals surface area contributed by atoms with Crippen molar-refractivity contribution in [3.63, 3.8) is 0 Å². The van der Waals surface area contributed by atoms with Crippen LogP contribution < -0.4 is 9.47 Å². The van der Waals surface area contributed by atoms with E-state index < -0.39 is 0 Å². The Morgan fingerprint density at radius 1 is 0.914 bits per heavy atom. The molecule has 0 fully saturated rings. The number of nitrogens with zero attached hydrogens (tertiary/aromatic N) is 3. The summed E-state index contributed by atoms with van der Waals surface area (Å²) in [6.45, 7) is 0. The van der Waals surface area contributed by atoms with Gasteiger partial charge in [-0.1, -0.05) is 35.9 Å². The van der Waals surface area contributed by atoms with Crippen LogP contribution in [-0.2, 0) is 0 Å². The van der Waals surface area contributed by atoms with Crippen molar-refractivity contribution < 1.29 is 19.1 Å². The molecule has 0 aliphatic heterocycles. The fraction of sp³-hybridized carbons (Fsp3) is 0.0741. The molecule has 7 nitrogen and oxygen atoms in total. The predicted octanol–water partition coefficient (Wildman–Crippen LogP) is 5.64. The zero-order valence-electron chi connectivity index (χ0n) is 18.8. The molecule has 0 unspecified atom stereocenters. The summed E-state index contributed by atoms with van der Waals surface area (Å²) in [5.41, 5.74) is 4.40. The number of halogens is 1. The number of nitriles is 1. The molecule has 2 heterocycles. The topological polar surface area (TPSA) is 102 Å². The van der Waals surface area contributed by atoms with E-state index in [1.54, 1.807) is 54.7 Å². The summed E-state index contributed by atoms with van der Waals surface area (Å²) in [5, 5.41) is 10.4. The normalized spacial score (nSPS) is 10.3. The van der Waals surface area contributed by atoms with Gasteiger partial charge in [-0.3, -0.25) is 14.6 Å². The van der Waals surface area contributed by atoms with Crippen molar-refractivity contribution in [3.05, 3.63) is 82.5 Å². The first-order valence-corrected chi connectivity index (χ1v) is 10.8. The average Bonchev–Trinajstić information content (AvgIpc) is 2.91. The van der Waals surface area contributed by atoms with Crippen molar-refractivity contribution in [2.75, 3.05) is 14.2 Å². The highest BCUT2D eigenvalue weighted by molar-refractivity contribution is 6.36. The first-order chi connectivity index (χ1) is 17.1. The van der Waals surface area contributed by atoms with E-state index in [0.717, 1.165) is 0 Å². The molecule has 0 saturated carbocycles. The monoisotopic (exact) mass is 483 g/mol. The van der Waals surface area contributed by atoms with Gasteiger partial charge in [0.1, 0.15) is 11.8 Å². The Hall–Kier alpha value is -4.54. The Kier molecular flexibility index (Phi) is 6.86. The SMILES string of the molecule is COc1cc(-c2nccc(-c3cccc(-c4ccc(C=O)c(OC)n4)c3Cl)c2C#N)ccc1C=O. The van der Waals surface area contributed by atoms with Crippen molar-refractivity contribution in [2.24, 2.45) is 0 Å². The quantitative estimate of drug-likeness (QED) is 0.313. The number of pyridine rings is 2. The minimum atomic E-state index is 0.190. The van der Waals surface area contributed by atoms with Crippen LogP contribution >= 0.6 is 11.6 Å². The van der Waals surface area contributed by atoms with Gasteiger partial charge in [0.15, 0.2) is 12.6 Å². The lowest BCUT2D eigenvalue weighted by Gasteiger charge is -2.14. The number of hydrogen-bond acceptors (Lipinski definition) is 7. The second-order valence-corrected chi connectivity index (χ2v) is 7.73. The molecule has 0 radical (unpaired) electrons. The Balaban J connectivity index is 1.88. The molecule has 4 aromatic rings. The van der Waals surface area contributed by atoms with Crippen LogP contribution in [0.4, 0.5) is 0 Å². The fourth-order valence-electron chi connectivity index (χ4n) is 3.77. The minimum absolute atomic E-state index is 0.190. The van der Waals surface area contributed by atoms with Crippen LogP contribution in [0, 0.1) is 11.3 Å². The highest BCUT2D eigenvalue weighted by Crippen LogP contribution is 2.39. The van der Waals surface area contributed by atoms with Gasteiger partial charge in [-0.2, -0.15) is 5.26 Å². The second kappa shape index (κ2) is 10.2. The summed E-state index contributed by atoms with van der Waals surface area (Å²) >= 11 is 6.82. The van der Waals surface area contributed by atoms with E-state index in [0.29, 0.717) is 73.7 Å². The van der Waals surface area contributed by atoms with E-state index in [2.05, 4.69) is 16.0 Å². The number of aldehydes is 2. The van der Waals surface area contributed by atoms with Crippen LogP contribution in [0.3, 0.4) is 0 Å². The van der Waals surface area contributed by atoms with Gasteiger partial charge in [0.2, 0.25) is 5.88 Å². The number of carbonyl (C=O) groups excluding carboxylic acids is 2. The Morgan fingerprint density at radius 2 is 1.66 bits per heavy atom. The van der Waals surface area contributed by atoms with Gasteiger partial charge in [-0.15, -0.1) is 0 Å². The summed E-state index contributed by atoms with van der Waals surface area (Å²) < 4.78 is 10.5. The molecule has 0 bridgehead atoms. The smallest absolute Gasteiger partial charge is 0.224 e. The molecule has 0 spiro atoms. The first kappa shape index (κ1) is 23.6.